The van der Waals surface area contributed by atoms with Crippen LogP contribution in [0.5, 0.6) is 0 Å². The molecule has 0 aliphatic carbocycles. The molecule has 122 valence electrons. The van der Waals surface area contributed by atoms with E-state index in [2.05, 4.69) is 15.3 Å². The average molecular weight is 353 g/mol. The Bertz CT molecular complexity index is 672. The minimum absolute atomic E-state index is 0.178. The predicted octanol–water partition coefficient (Wildman–Crippen LogP) is 3.56. The average Bonchev–Trinajstić information content (AvgIpc) is 2.56. The first-order chi connectivity index (χ1) is 11.0. The molecule has 0 fully saturated rings. The Hall–Kier alpha value is -1.85. The van der Waals surface area contributed by atoms with Crippen molar-refractivity contribution in [3.8, 4) is 0 Å². The quantitative estimate of drug-likeness (QED) is 0.863. The summed E-state index contributed by atoms with van der Waals surface area (Å²) in [7, 11) is 0. The summed E-state index contributed by atoms with van der Waals surface area (Å²) in [6, 6.07) is 7.26. The normalized spacial score (nSPS) is 10.4. The van der Waals surface area contributed by atoms with Crippen LogP contribution in [0.1, 0.15) is 29.9 Å². The zero-order valence-electron chi connectivity index (χ0n) is 13.0. The smallest absolute Gasteiger partial charge is 0.271 e. The molecule has 0 saturated carbocycles. The SMILES string of the molecule is CCN(CC)c1ncc(Cl)c(C(=O)NCc2ccc(Cl)cc2)n1. The zero-order valence-corrected chi connectivity index (χ0v) is 14.5. The number of halogens is 2. The summed E-state index contributed by atoms with van der Waals surface area (Å²) in [4.78, 5) is 22.7. The number of rotatable bonds is 6. The third kappa shape index (κ3) is 4.56. The number of aromatic nitrogens is 2. The maximum absolute atomic E-state index is 12.3. The van der Waals surface area contributed by atoms with Crippen LogP contribution in [0, 0.1) is 0 Å². The lowest BCUT2D eigenvalue weighted by Gasteiger charge is -2.19. The van der Waals surface area contributed by atoms with Crippen molar-refractivity contribution in [1.29, 1.82) is 0 Å². The molecular formula is C16H18Cl2N4O. The number of amides is 1. The van der Waals surface area contributed by atoms with Crippen LogP contribution >= 0.6 is 23.2 Å². The molecule has 1 aromatic heterocycles. The van der Waals surface area contributed by atoms with Gasteiger partial charge in [-0.15, -0.1) is 0 Å². The molecule has 1 N–H and O–H groups in total. The number of benzene rings is 1. The van der Waals surface area contributed by atoms with Crippen molar-refractivity contribution < 1.29 is 4.79 Å². The number of carbonyl (C=O) groups excluding carboxylic acids is 1. The second-order valence-corrected chi connectivity index (χ2v) is 5.69. The number of hydrogen-bond donors (Lipinski definition) is 1. The molecule has 2 aromatic rings. The van der Waals surface area contributed by atoms with Crippen LogP contribution in [0.4, 0.5) is 5.95 Å². The molecular weight excluding hydrogens is 335 g/mol. The van der Waals surface area contributed by atoms with E-state index in [0.29, 0.717) is 17.5 Å². The molecule has 1 amide bonds. The number of carbonyl (C=O) groups is 1. The standard InChI is InChI=1S/C16H18Cl2N4O/c1-3-22(4-2)16-20-10-13(18)14(21-16)15(23)19-9-11-5-7-12(17)8-6-11/h5-8,10H,3-4,9H2,1-2H3,(H,19,23). The second kappa shape index (κ2) is 8.13. The van der Waals surface area contributed by atoms with Gasteiger partial charge in [-0.25, -0.2) is 9.97 Å². The first-order valence-electron chi connectivity index (χ1n) is 7.35. The van der Waals surface area contributed by atoms with Gasteiger partial charge in [-0.2, -0.15) is 0 Å². The number of hydrogen-bond acceptors (Lipinski definition) is 4. The molecule has 7 heteroatoms. The predicted molar refractivity (Wildman–Crippen MR) is 93.2 cm³/mol. The van der Waals surface area contributed by atoms with Crippen molar-refractivity contribution in [2.75, 3.05) is 18.0 Å². The summed E-state index contributed by atoms with van der Waals surface area (Å²) < 4.78 is 0. The molecule has 0 bridgehead atoms. The summed E-state index contributed by atoms with van der Waals surface area (Å²) in [5.41, 5.74) is 1.12. The summed E-state index contributed by atoms with van der Waals surface area (Å²) in [5.74, 6) is 0.164. The van der Waals surface area contributed by atoms with Gasteiger partial charge in [-0.3, -0.25) is 4.79 Å². The van der Waals surface area contributed by atoms with E-state index in [0.717, 1.165) is 18.7 Å². The van der Waals surface area contributed by atoms with Crippen molar-refractivity contribution in [2.45, 2.75) is 20.4 Å². The van der Waals surface area contributed by atoms with Crippen LogP contribution < -0.4 is 10.2 Å². The largest absolute Gasteiger partial charge is 0.347 e. The van der Waals surface area contributed by atoms with Crippen molar-refractivity contribution in [2.24, 2.45) is 0 Å². The van der Waals surface area contributed by atoms with Gasteiger partial charge in [0, 0.05) is 24.7 Å². The van der Waals surface area contributed by atoms with E-state index in [4.69, 9.17) is 23.2 Å². The maximum atomic E-state index is 12.3. The molecule has 5 nitrogen and oxygen atoms in total. The fourth-order valence-corrected chi connectivity index (χ4v) is 2.35. The highest BCUT2D eigenvalue weighted by molar-refractivity contribution is 6.33. The van der Waals surface area contributed by atoms with Crippen molar-refractivity contribution in [3.63, 3.8) is 0 Å². The molecule has 0 unspecified atom stereocenters. The van der Waals surface area contributed by atoms with E-state index in [1.54, 1.807) is 12.1 Å². The Morgan fingerprint density at radius 1 is 1.17 bits per heavy atom. The highest BCUT2D eigenvalue weighted by Gasteiger charge is 2.16. The molecule has 0 saturated heterocycles. The monoisotopic (exact) mass is 352 g/mol. The second-order valence-electron chi connectivity index (χ2n) is 4.85. The van der Waals surface area contributed by atoms with E-state index >= 15 is 0 Å². The molecule has 0 aliphatic heterocycles. The van der Waals surface area contributed by atoms with Gasteiger partial charge >= 0.3 is 0 Å². The minimum atomic E-state index is -0.333. The lowest BCUT2D eigenvalue weighted by molar-refractivity contribution is 0.0946. The molecule has 23 heavy (non-hydrogen) atoms. The van der Waals surface area contributed by atoms with Gasteiger partial charge in [-0.05, 0) is 31.5 Å². The van der Waals surface area contributed by atoms with Crippen molar-refractivity contribution >= 4 is 35.1 Å². The molecule has 0 atom stereocenters. The fraction of sp³-hybridized carbons (Fsp3) is 0.312. The van der Waals surface area contributed by atoms with Crippen LogP contribution in [-0.4, -0.2) is 29.0 Å². The zero-order chi connectivity index (χ0) is 16.8. The van der Waals surface area contributed by atoms with Gasteiger partial charge in [0.15, 0.2) is 5.69 Å². The van der Waals surface area contributed by atoms with Gasteiger partial charge in [0.25, 0.3) is 5.91 Å². The number of anilines is 1. The van der Waals surface area contributed by atoms with Gasteiger partial charge in [0.05, 0.1) is 11.2 Å². The topological polar surface area (TPSA) is 58.1 Å². The molecule has 0 spiro atoms. The van der Waals surface area contributed by atoms with E-state index in [1.165, 1.54) is 6.20 Å². The molecule has 0 radical (unpaired) electrons. The van der Waals surface area contributed by atoms with Crippen LogP contribution in [0.3, 0.4) is 0 Å². The van der Waals surface area contributed by atoms with Crippen molar-refractivity contribution in [1.82, 2.24) is 15.3 Å². The molecule has 0 aliphatic rings. The summed E-state index contributed by atoms with van der Waals surface area (Å²) in [6.45, 7) is 5.88. The summed E-state index contributed by atoms with van der Waals surface area (Å²) >= 11 is 11.9. The van der Waals surface area contributed by atoms with Gasteiger partial charge in [0.2, 0.25) is 5.95 Å². The van der Waals surface area contributed by atoms with Crippen LogP contribution in [0.25, 0.3) is 0 Å². The van der Waals surface area contributed by atoms with Crippen LogP contribution in [0.15, 0.2) is 30.5 Å². The highest BCUT2D eigenvalue weighted by Crippen LogP contribution is 2.17. The number of nitrogens with one attached hydrogen (secondary N) is 1. The van der Waals surface area contributed by atoms with Gasteiger partial charge in [0.1, 0.15) is 0 Å². The van der Waals surface area contributed by atoms with E-state index in [9.17, 15) is 4.79 Å². The van der Waals surface area contributed by atoms with Gasteiger partial charge in [-0.1, -0.05) is 35.3 Å². The van der Waals surface area contributed by atoms with Crippen molar-refractivity contribution in [3.05, 3.63) is 51.8 Å². The van der Waals surface area contributed by atoms with Crippen LogP contribution in [0.2, 0.25) is 10.0 Å². The van der Waals surface area contributed by atoms with E-state index < -0.39 is 0 Å². The third-order valence-electron chi connectivity index (χ3n) is 3.36. The lowest BCUT2D eigenvalue weighted by atomic mass is 10.2. The summed E-state index contributed by atoms with van der Waals surface area (Å²) in [6.07, 6.45) is 1.46. The Morgan fingerprint density at radius 2 is 1.83 bits per heavy atom. The Labute approximate surface area is 145 Å². The minimum Gasteiger partial charge on any atom is -0.347 e. The van der Waals surface area contributed by atoms with E-state index in [1.807, 2.05) is 30.9 Å². The van der Waals surface area contributed by atoms with Crippen LogP contribution in [-0.2, 0) is 6.54 Å². The first kappa shape index (κ1) is 17.5. The fourth-order valence-electron chi connectivity index (χ4n) is 2.04. The highest BCUT2D eigenvalue weighted by atomic mass is 35.5. The number of nitrogens with zero attached hydrogens (tertiary/aromatic N) is 3. The lowest BCUT2D eigenvalue weighted by Crippen LogP contribution is -2.28. The Morgan fingerprint density at radius 3 is 2.43 bits per heavy atom. The first-order valence-corrected chi connectivity index (χ1v) is 8.10. The Kier molecular flexibility index (Phi) is 6.19. The van der Waals surface area contributed by atoms with Gasteiger partial charge < -0.3 is 10.2 Å². The summed E-state index contributed by atoms with van der Waals surface area (Å²) in [5, 5.41) is 3.69. The van der Waals surface area contributed by atoms with E-state index in [-0.39, 0.29) is 16.6 Å². The maximum Gasteiger partial charge on any atom is 0.271 e. The Balaban J connectivity index is 2.11. The third-order valence-corrected chi connectivity index (χ3v) is 3.89. The molecule has 2 rings (SSSR count). The molecule has 1 heterocycles. The molecule has 1 aromatic carbocycles.